The summed E-state index contributed by atoms with van der Waals surface area (Å²) in [6.07, 6.45) is 0.0297. The van der Waals surface area contributed by atoms with Crippen molar-refractivity contribution >= 4 is 28.5 Å². The van der Waals surface area contributed by atoms with E-state index in [1.165, 1.54) is 12.4 Å². The van der Waals surface area contributed by atoms with Crippen LogP contribution < -0.4 is 10.6 Å². The number of pyridine rings is 1. The van der Waals surface area contributed by atoms with E-state index in [-0.39, 0.29) is 29.7 Å². The molecule has 3 atom stereocenters. The summed E-state index contributed by atoms with van der Waals surface area (Å²) in [5.41, 5.74) is 2.08. The molecule has 14 heteroatoms. The summed E-state index contributed by atoms with van der Waals surface area (Å²) in [4.78, 5) is 32.3. The minimum Gasteiger partial charge on any atom is -0.337 e. The molecule has 0 spiro atoms. The maximum atomic E-state index is 14.4. The quantitative estimate of drug-likeness (QED) is 0.426. The van der Waals surface area contributed by atoms with Gasteiger partial charge < -0.3 is 5.32 Å². The Morgan fingerprint density at radius 3 is 2.66 bits per heavy atom. The van der Waals surface area contributed by atoms with Crippen LogP contribution in [0.3, 0.4) is 0 Å². The Labute approximate surface area is 193 Å². The maximum absolute atomic E-state index is 14.4. The monoisotopic (exact) mass is 488 g/mol. The van der Waals surface area contributed by atoms with E-state index in [9.17, 15) is 27.2 Å². The lowest BCUT2D eigenvalue weighted by atomic mass is 9.99. The Kier molecular flexibility index (Phi) is 4.56. The van der Waals surface area contributed by atoms with Gasteiger partial charge in [-0.05, 0) is 24.5 Å². The summed E-state index contributed by atoms with van der Waals surface area (Å²) < 4.78 is 55.1. The van der Waals surface area contributed by atoms with Crippen molar-refractivity contribution in [1.82, 2.24) is 40.0 Å². The Morgan fingerprint density at radius 1 is 1.06 bits per heavy atom. The second-order valence-corrected chi connectivity index (χ2v) is 8.63. The highest BCUT2D eigenvalue weighted by Gasteiger charge is 2.43. The first-order valence-electron chi connectivity index (χ1n) is 10.7. The molecule has 1 aliphatic carbocycles. The third-order valence-electron chi connectivity index (χ3n) is 6.30. The molecular weight excluding hydrogens is 472 g/mol. The van der Waals surface area contributed by atoms with Crippen molar-refractivity contribution < 1.29 is 27.2 Å². The van der Waals surface area contributed by atoms with E-state index in [1.54, 1.807) is 12.1 Å². The second-order valence-electron chi connectivity index (χ2n) is 8.63. The second kappa shape index (κ2) is 7.45. The molecule has 5 heterocycles. The summed E-state index contributed by atoms with van der Waals surface area (Å²) in [7, 11) is 0. The molecule has 10 nitrogen and oxygen atoms in total. The number of carbonyl (C=O) groups is 2. The molecular formula is C21H16F4N8O2. The number of hydrogen-bond donors (Lipinski definition) is 2. The van der Waals surface area contributed by atoms with Crippen LogP contribution in [0.5, 0.6) is 0 Å². The van der Waals surface area contributed by atoms with Gasteiger partial charge in [-0.25, -0.2) is 9.78 Å². The molecule has 0 aromatic carbocycles. The first-order valence-corrected chi connectivity index (χ1v) is 10.7. The molecule has 3 amide bonds. The highest BCUT2D eigenvalue weighted by Crippen LogP contribution is 2.55. The van der Waals surface area contributed by atoms with Crippen molar-refractivity contribution in [3.05, 3.63) is 53.6 Å². The fraction of sp³-hybridized carbons (Fsp3) is 0.333. The molecule has 4 aromatic rings. The molecule has 0 bridgehead atoms. The first kappa shape index (κ1) is 21.4. The number of rotatable bonds is 4. The lowest BCUT2D eigenvalue weighted by Gasteiger charge is -2.22. The molecule has 2 aliphatic rings. The number of imide groups is 1. The Hall–Kier alpha value is -4.10. The molecule has 1 saturated carbocycles. The molecule has 2 fully saturated rings. The highest BCUT2D eigenvalue weighted by molar-refractivity contribution is 6.00. The smallest absolute Gasteiger partial charge is 0.337 e. The number of halogens is 4. The molecule has 1 unspecified atom stereocenters. The van der Waals surface area contributed by atoms with Crippen molar-refractivity contribution in [2.24, 2.45) is 0 Å². The molecule has 1 aliphatic heterocycles. The lowest BCUT2D eigenvalue weighted by molar-refractivity contribution is -0.141. The molecule has 2 N–H and O–H groups in total. The van der Waals surface area contributed by atoms with Crippen LogP contribution in [0.25, 0.3) is 16.6 Å². The molecule has 35 heavy (non-hydrogen) atoms. The van der Waals surface area contributed by atoms with E-state index in [4.69, 9.17) is 0 Å². The molecule has 4 aromatic heterocycles. The van der Waals surface area contributed by atoms with Gasteiger partial charge in [-0.3, -0.25) is 19.8 Å². The van der Waals surface area contributed by atoms with Gasteiger partial charge in [0.1, 0.15) is 6.54 Å². The number of amides is 3. The van der Waals surface area contributed by atoms with E-state index < -0.39 is 36.5 Å². The molecule has 180 valence electrons. The standard InChI is InChI=1S/C21H16F4N8O2/c22-17-7-27-18-12(2-15(31-33(17)18)13-6-28-20(35)30-19(13)34)10-1-11(10)14-3-16-9(4-26-14)5-29-32(16)8-21(23,24)25/h2-5,7,10-11,13H,1,6,8H2,(H2,28,30,34,35)/t10-,11-,13?/m0/s1. The van der Waals surface area contributed by atoms with Crippen molar-refractivity contribution in [2.45, 2.75) is 36.9 Å². The van der Waals surface area contributed by atoms with Gasteiger partial charge in [0.05, 0.1) is 29.5 Å². The van der Waals surface area contributed by atoms with Gasteiger partial charge in [0.25, 0.3) is 0 Å². The number of nitrogens with one attached hydrogen (secondary N) is 2. The first-order chi connectivity index (χ1) is 16.7. The highest BCUT2D eigenvalue weighted by atomic mass is 19.4. The van der Waals surface area contributed by atoms with Crippen LogP contribution in [-0.4, -0.2) is 54.0 Å². The summed E-state index contributed by atoms with van der Waals surface area (Å²) in [6.45, 7) is -1.20. The van der Waals surface area contributed by atoms with Crippen molar-refractivity contribution in [3.63, 3.8) is 0 Å². The van der Waals surface area contributed by atoms with Crippen LogP contribution in [0.4, 0.5) is 22.4 Å². The number of nitrogens with zero attached hydrogens (tertiary/aromatic N) is 6. The number of aromatic nitrogens is 6. The van der Waals surface area contributed by atoms with Gasteiger partial charge in [0.2, 0.25) is 11.9 Å². The van der Waals surface area contributed by atoms with Gasteiger partial charge in [-0.15, -0.1) is 0 Å². The Bertz CT molecular complexity index is 1510. The van der Waals surface area contributed by atoms with Crippen LogP contribution in [0.1, 0.15) is 41.1 Å². The number of urea groups is 1. The van der Waals surface area contributed by atoms with Gasteiger partial charge in [0, 0.05) is 35.3 Å². The normalized spacial score (nSPS) is 22.5. The van der Waals surface area contributed by atoms with E-state index in [0.717, 1.165) is 15.4 Å². The Balaban J connectivity index is 1.36. The summed E-state index contributed by atoms with van der Waals surface area (Å²) in [6, 6.07) is 2.64. The SMILES string of the molecule is O=C1NCC(c2cc([C@H]3C[C@@H]3c3cc4c(cn3)cnn4CC(F)(F)F)c3ncc(F)n3n2)C(=O)N1. The van der Waals surface area contributed by atoms with E-state index in [1.807, 2.05) is 0 Å². The number of carbonyl (C=O) groups excluding carboxylic acids is 2. The van der Waals surface area contributed by atoms with E-state index in [2.05, 4.69) is 30.8 Å². The minimum absolute atomic E-state index is 0.00838. The van der Waals surface area contributed by atoms with Gasteiger partial charge in [-0.1, -0.05) is 0 Å². The van der Waals surface area contributed by atoms with Crippen LogP contribution in [-0.2, 0) is 11.3 Å². The summed E-state index contributed by atoms with van der Waals surface area (Å²) in [5, 5.41) is 13.2. The van der Waals surface area contributed by atoms with Crippen LogP contribution in [0, 0.1) is 5.95 Å². The van der Waals surface area contributed by atoms with E-state index >= 15 is 0 Å². The Morgan fingerprint density at radius 2 is 1.89 bits per heavy atom. The number of fused-ring (bicyclic) bond motifs is 2. The number of hydrogen-bond acceptors (Lipinski definition) is 6. The van der Waals surface area contributed by atoms with Crippen LogP contribution in [0.2, 0.25) is 0 Å². The average Bonchev–Trinajstić information content (AvgIpc) is 3.38. The molecule has 1 saturated heterocycles. The predicted molar refractivity (Wildman–Crippen MR) is 111 cm³/mol. The zero-order valence-electron chi connectivity index (χ0n) is 17.8. The maximum Gasteiger partial charge on any atom is 0.408 e. The van der Waals surface area contributed by atoms with Crippen LogP contribution >= 0.6 is 0 Å². The third kappa shape index (κ3) is 3.74. The van der Waals surface area contributed by atoms with Crippen molar-refractivity contribution in [3.8, 4) is 0 Å². The van der Waals surface area contributed by atoms with E-state index in [0.29, 0.717) is 28.6 Å². The lowest BCUT2D eigenvalue weighted by Crippen LogP contribution is -2.51. The van der Waals surface area contributed by atoms with Crippen molar-refractivity contribution in [2.75, 3.05) is 6.54 Å². The number of imidazole rings is 1. The average molecular weight is 488 g/mol. The predicted octanol–water partition coefficient (Wildman–Crippen LogP) is 2.37. The van der Waals surface area contributed by atoms with Crippen molar-refractivity contribution in [1.29, 1.82) is 0 Å². The molecule has 6 rings (SSSR count). The minimum atomic E-state index is -4.42. The topological polar surface area (TPSA) is 119 Å². The van der Waals surface area contributed by atoms with Gasteiger partial charge >= 0.3 is 12.2 Å². The largest absolute Gasteiger partial charge is 0.408 e. The fourth-order valence-corrected chi connectivity index (χ4v) is 4.55. The summed E-state index contributed by atoms with van der Waals surface area (Å²) >= 11 is 0. The zero-order chi connectivity index (χ0) is 24.5. The zero-order valence-corrected chi connectivity index (χ0v) is 17.8. The van der Waals surface area contributed by atoms with Crippen LogP contribution in [0.15, 0.2) is 30.7 Å². The third-order valence-corrected chi connectivity index (χ3v) is 6.30. The number of alkyl halides is 3. The molecule has 0 radical (unpaired) electrons. The van der Waals surface area contributed by atoms with Gasteiger partial charge in [-0.2, -0.15) is 32.3 Å². The fourth-order valence-electron chi connectivity index (χ4n) is 4.55. The van der Waals surface area contributed by atoms with Gasteiger partial charge in [0.15, 0.2) is 5.65 Å². The summed E-state index contributed by atoms with van der Waals surface area (Å²) in [5.74, 6) is -2.39.